The van der Waals surface area contributed by atoms with Crippen LogP contribution in [0.3, 0.4) is 0 Å². The molecule has 0 amide bonds. The van der Waals surface area contributed by atoms with E-state index in [1.807, 2.05) is 13.8 Å². The molecule has 7 nitrogen and oxygen atoms in total. The third-order valence-electron chi connectivity index (χ3n) is 3.20. The van der Waals surface area contributed by atoms with Gasteiger partial charge in [-0.05, 0) is 19.9 Å². The van der Waals surface area contributed by atoms with Crippen LogP contribution in [0, 0.1) is 10.1 Å². The molecule has 1 aliphatic rings. The highest BCUT2D eigenvalue weighted by atomic mass is 16.6. The number of ether oxygens (including phenoxy) is 3. The van der Waals surface area contributed by atoms with Gasteiger partial charge in [-0.2, -0.15) is 0 Å². The van der Waals surface area contributed by atoms with Gasteiger partial charge in [0.15, 0.2) is 0 Å². The van der Waals surface area contributed by atoms with E-state index in [1.165, 1.54) is 25.3 Å². The quantitative estimate of drug-likeness (QED) is 0.658. The molecule has 2 rings (SSSR count). The van der Waals surface area contributed by atoms with Gasteiger partial charge in [-0.3, -0.25) is 10.1 Å². The summed E-state index contributed by atoms with van der Waals surface area (Å²) in [5.41, 5.74) is -0.356. The van der Waals surface area contributed by atoms with Crippen molar-refractivity contribution in [3.8, 4) is 11.5 Å². The Balaban J connectivity index is 2.06. The number of morpholine rings is 1. The number of hydrogen-bond donors (Lipinski definition) is 1. The van der Waals surface area contributed by atoms with Crippen LogP contribution in [0.2, 0.25) is 0 Å². The topological polar surface area (TPSA) is 82.9 Å². The predicted octanol–water partition coefficient (Wildman–Crippen LogP) is 1.75. The van der Waals surface area contributed by atoms with Gasteiger partial charge in [0.2, 0.25) is 5.75 Å². The van der Waals surface area contributed by atoms with Crippen LogP contribution in [0.15, 0.2) is 18.2 Å². The van der Waals surface area contributed by atoms with Gasteiger partial charge in [-0.1, -0.05) is 0 Å². The molecule has 1 aromatic rings. The molecule has 0 aromatic heterocycles. The first-order chi connectivity index (χ1) is 9.91. The van der Waals surface area contributed by atoms with Gasteiger partial charge in [0, 0.05) is 25.2 Å². The highest BCUT2D eigenvalue weighted by Gasteiger charge is 2.29. The summed E-state index contributed by atoms with van der Waals surface area (Å²) in [6.45, 7) is 5.63. The fourth-order valence-electron chi connectivity index (χ4n) is 2.23. The van der Waals surface area contributed by atoms with E-state index in [-0.39, 0.29) is 29.7 Å². The smallest absolute Gasteiger partial charge is 0.311 e. The van der Waals surface area contributed by atoms with E-state index in [9.17, 15) is 10.1 Å². The number of nitro benzene ring substituents is 1. The summed E-state index contributed by atoms with van der Waals surface area (Å²) in [6.07, 6.45) is -0.153. The average Bonchev–Trinajstić information content (AvgIpc) is 2.43. The van der Waals surface area contributed by atoms with E-state index >= 15 is 0 Å². The SMILES string of the molecule is COc1ccc([N+](=O)[O-])c(OCC2CNCC(C)(C)O2)c1. The number of benzene rings is 1. The Morgan fingerprint density at radius 1 is 1.52 bits per heavy atom. The molecule has 0 bridgehead atoms. The van der Waals surface area contributed by atoms with E-state index in [4.69, 9.17) is 14.2 Å². The standard InChI is InChI=1S/C14H20N2O5/c1-14(2)9-15-7-11(21-14)8-20-13-6-10(19-3)4-5-12(13)16(17)18/h4-6,11,15H,7-9H2,1-3H3. The lowest BCUT2D eigenvalue weighted by molar-refractivity contribution is -0.386. The molecule has 1 unspecified atom stereocenters. The summed E-state index contributed by atoms with van der Waals surface area (Å²) in [7, 11) is 1.50. The number of rotatable bonds is 5. The van der Waals surface area contributed by atoms with Gasteiger partial charge in [-0.15, -0.1) is 0 Å². The van der Waals surface area contributed by atoms with Crippen LogP contribution in [-0.2, 0) is 4.74 Å². The molecule has 0 radical (unpaired) electrons. The maximum atomic E-state index is 11.0. The zero-order chi connectivity index (χ0) is 15.5. The van der Waals surface area contributed by atoms with Gasteiger partial charge in [0.25, 0.3) is 0 Å². The second kappa shape index (κ2) is 6.28. The lowest BCUT2D eigenvalue weighted by atomic mass is 10.1. The molecule has 0 aliphatic carbocycles. The molecule has 7 heteroatoms. The van der Waals surface area contributed by atoms with Gasteiger partial charge in [0.05, 0.1) is 17.6 Å². The molecule has 1 fully saturated rings. The van der Waals surface area contributed by atoms with Gasteiger partial charge < -0.3 is 19.5 Å². The van der Waals surface area contributed by atoms with Crippen LogP contribution in [0.1, 0.15) is 13.8 Å². The normalized spacial score (nSPS) is 20.8. The molecule has 1 aliphatic heterocycles. The molecule has 1 saturated heterocycles. The molecule has 1 aromatic carbocycles. The largest absolute Gasteiger partial charge is 0.497 e. The van der Waals surface area contributed by atoms with Gasteiger partial charge >= 0.3 is 5.69 Å². The molecule has 1 atom stereocenters. The van der Waals surface area contributed by atoms with E-state index in [0.29, 0.717) is 12.3 Å². The van der Waals surface area contributed by atoms with Crippen molar-refractivity contribution in [2.24, 2.45) is 0 Å². The summed E-state index contributed by atoms with van der Waals surface area (Å²) in [5, 5.41) is 14.3. The summed E-state index contributed by atoms with van der Waals surface area (Å²) in [5.74, 6) is 0.699. The molecule has 0 spiro atoms. The molecule has 116 valence electrons. The van der Waals surface area contributed by atoms with Crippen LogP contribution in [0.4, 0.5) is 5.69 Å². The highest BCUT2D eigenvalue weighted by molar-refractivity contribution is 5.50. The minimum absolute atomic E-state index is 0.0844. The first-order valence-electron chi connectivity index (χ1n) is 6.75. The van der Waals surface area contributed by atoms with E-state index in [2.05, 4.69) is 5.32 Å². The molecular formula is C14H20N2O5. The third kappa shape index (κ3) is 4.05. The number of hydrogen-bond acceptors (Lipinski definition) is 6. The fraction of sp³-hybridized carbons (Fsp3) is 0.571. The van der Waals surface area contributed by atoms with E-state index in [0.717, 1.165) is 6.54 Å². The maximum absolute atomic E-state index is 11.0. The van der Waals surface area contributed by atoms with Crippen molar-refractivity contribution in [2.75, 3.05) is 26.8 Å². The Hall–Kier alpha value is -1.86. The minimum atomic E-state index is -0.474. The Morgan fingerprint density at radius 3 is 2.90 bits per heavy atom. The summed E-state index contributed by atoms with van der Waals surface area (Å²) in [4.78, 5) is 10.5. The second-order valence-corrected chi connectivity index (χ2v) is 5.53. The maximum Gasteiger partial charge on any atom is 0.311 e. The number of methoxy groups -OCH3 is 1. The van der Waals surface area contributed by atoms with E-state index < -0.39 is 4.92 Å². The molecule has 1 heterocycles. The molecule has 21 heavy (non-hydrogen) atoms. The predicted molar refractivity (Wildman–Crippen MR) is 77.0 cm³/mol. The average molecular weight is 296 g/mol. The lowest BCUT2D eigenvalue weighted by Gasteiger charge is -2.36. The molecule has 1 N–H and O–H groups in total. The van der Waals surface area contributed by atoms with Crippen LogP contribution in [-0.4, -0.2) is 43.4 Å². The zero-order valence-electron chi connectivity index (χ0n) is 12.4. The Bertz CT molecular complexity index is 518. The van der Waals surface area contributed by atoms with Crippen LogP contribution in [0.25, 0.3) is 0 Å². The Labute approximate surface area is 123 Å². The summed E-state index contributed by atoms with van der Waals surface area (Å²) < 4.78 is 16.5. The van der Waals surface area contributed by atoms with Crippen LogP contribution in [0.5, 0.6) is 11.5 Å². The fourth-order valence-corrected chi connectivity index (χ4v) is 2.23. The Kier molecular flexibility index (Phi) is 4.64. The first kappa shape index (κ1) is 15.5. The highest BCUT2D eigenvalue weighted by Crippen LogP contribution is 2.31. The van der Waals surface area contributed by atoms with Crippen molar-refractivity contribution in [3.63, 3.8) is 0 Å². The van der Waals surface area contributed by atoms with Crippen LogP contribution >= 0.6 is 0 Å². The monoisotopic (exact) mass is 296 g/mol. The minimum Gasteiger partial charge on any atom is -0.497 e. The van der Waals surface area contributed by atoms with E-state index in [1.54, 1.807) is 0 Å². The van der Waals surface area contributed by atoms with Crippen molar-refractivity contribution in [1.82, 2.24) is 5.32 Å². The number of nitro groups is 1. The summed E-state index contributed by atoms with van der Waals surface area (Å²) in [6, 6.07) is 4.42. The third-order valence-corrected chi connectivity index (χ3v) is 3.20. The second-order valence-electron chi connectivity index (χ2n) is 5.53. The van der Waals surface area contributed by atoms with Crippen molar-refractivity contribution in [1.29, 1.82) is 0 Å². The Morgan fingerprint density at radius 2 is 2.29 bits per heavy atom. The zero-order valence-corrected chi connectivity index (χ0v) is 12.4. The summed E-state index contributed by atoms with van der Waals surface area (Å²) >= 11 is 0. The number of nitrogens with one attached hydrogen (secondary N) is 1. The van der Waals surface area contributed by atoms with Crippen molar-refractivity contribution < 1.29 is 19.1 Å². The van der Waals surface area contributed by atoms with Gasteiger partial charge in [0.1, 0.15) is 18.5 Å². The molecule has 0 saturated carbocycles. The number of nitrogens with zero attached hydrogens (tertiary/aromatic N) is 1. The lowest BCUT2D eigenvalue weighted by Crippen LogP contribution is -2.52. The first-order valence-corrected chi connectivity index (χ1v) is 6.75. The van der Waals surface area contributed by atoms with Crippen LogP contribution < -0.4 is 14.8 Å². The van der Waals surface area contributed by atoms with Crippen molar-refractivity contribution in [2.45, 2.75) is 25.6 Å². The van der Waals surface area contributed by atoms with Crippen molar-refractivity contribution in [3.05, 3.63) is 28.3 Å². The van der Waals surface area contributed by atoms with Crippen molar-refractivity contribution >= 4 is 5.69 Å². The molecular weight excluding hydrogens is 276 g/mol. The van der Waals surface area contributed by atoms with Gasteiger partial charge in [-0.25, -0.2) is 0 Å².